The van der Waals surface area contributed by atoms with Crippen LogP contribution in [-0.2, 0) is 16.4 Å². The third-order valence-corrected chi connectivity index (χ3v) is 4.39. The number of aromatic nitrogens is 3. The predicted molar refractivity (Wildman–Crippen MR) is 82.2 cm³/mol. The number of thiocarbonyl (C=S) groups is 1. The van der Waals surface area contributed by atoms with Gasteiger partial charge in [0.25, 0.3) is 0 Å². The Morgan fingerprint density at radius 2 is 2.19 bits per heavy atom. The average molecular weight is 325 g/mol. The van der Waals surface area contributed by atoms with Gasteiger partial charge in [-0.1, -0.05) is 12.2 Å². The highest BCUT2D eigenvalue weighted by Gasteiger charge is 2.14. The molecule has 4 N–H and O–H groups in total. The Bertz CT molecular complexity index is 696. The number of imidazole rings is 1. The van der Waals surface area contributed by atoms with E-state index in [2.05, 4.69) is 19.7 Å². The van der Waals surface area contributed by atoms with Crippen molar-refractivity contribution in [3.05, 3.63) is 42.2 Å². The quantitative estimate of drug-likeness (QED) is 0.500. The van der Waals surface area contributed by atoms with Crippen LogP contribution in [0.1, 0.15) is 17.9 Å². The van der Waals surface area contributed by atoms with Crippen molar-refractivity contribution < 1.29 is 8.42 Å². The zero-order chi connectivity index (χ0) is 15.3. The lowest BCUT2D eigenvalue weighted by atomic mass is 10.3. The van der Waals surface area contributed by atoms with Crippen LogP contribution >= 0.6 is 12.2 Å². The molecular formula is C12H15N5O2S2. The van der Waals surface area contributed by atoms with Crippen molar-refractivity contribution in [2.45, 2.75) is 17.7 Å². The predicted octanol–water partition coefficient (Wildman–Crippen LogP) is 0.350. The van der Waals surface area contributed by atoms with Gasteiger partial charge in [0.1, 0.15) is 15.7 Å². The number of rotatable bonds is 7. The molecule has 0 fully saturated rings. The molecule has 2 heterocycles. The molecule has 2 rings (SSSR count). The second kappa shape index (κ2) is 6.74. The van der Waals surface area contributed by atoms with Crippen LogP contribution in [0, 0.1) is 0 Å². The van der Waals surface area contributed by atoms with E-state index in [4.69, 9.17) is 18.0 Å². The Balaban J connectivity index is 1.90. The van der Waals surface area contributed by atoms with E-state index in [-0.39, 0.29) is 9.88 Å². The van der Waals surface area contributed by atoms with Gasteiger partial charge in [0.2, 0.25) is 10.0 Å². The first-order valence-electron chi connectivity index (χ1n) is 6.23. The first kappa shape index (κ1) is 15.5. The molecule has 0 saturated carbocycles. The van der Waals surface area contributed by atoms with Crippen LogP contribution in [0.3, 0.4) is 0 Å². The second-order valence-electron chi connectivity index (χ2n) is 4.28. The fourth-order valence-electron chi connectivity index (χ4n) is 1.67. The van der Waals surface area contributed by atoms with Gasteiger partial charge in [-0.25, -0.2) is 18.1 Å². The number of nitrogens with one attached hydrogen (secondary N) is 2. The third kappa shape index (κ3) is 4.31. The van der Waals surface area contributed by atoms with Crippen molar-refractivity contribution in [3.8, 4) is 0 Å². The topological polar surface area (TPSA) is 114 Å². The van der Waals surface area contributed by atoms with Crippen LogP contribution < -0.4 is 10.5 Å². The van der Waals surface area contributed by atoms with E-state index in [9.17, 15) is 8.42 Å². The molecule has 0 saturated heterocycles. The van der Waals surface area contributed by atoms with E-state index in [1.54, 1.807) is 12.4 Å². The largest absolute Gasteiger partial charge is 0.388 e. The Hall–Kier alpha value is -1.84. The summed E-state index contributed by atoms with van der Waals surface area (Å²) in [6, 6.07) is 2.91. The van der Waals surface area contributed by atoms with Crippen LogP contribution in [-0.4, -0.2) is 34.9 Å². The van der Waals surface area contributed by atoms with Gasteiger partial charge in [-0.05, 0) is 18.6 Å². The summed E-state index contributed by atoms with van der Waals surface area (Å²) in [5, 5.41) is 0. The maximum Gasteiger partial charge on any atom is 0.242 e. The van der Waals surface area contributed by atoms with E-state index in [1.165, 1.54) is 18.3 Å². The summed E-state index contributed by atoms with van der Waals surface area (Å²) >= 11 is 4.76. The van der Waals surface area contributed by atoms with Crippen molar-refractivity contribution in [2.24, 2.45) is 5.73 Å². The summed E-state index contributed by atoms with van der Waals surface area (Å²) in [4.78, 5) is 11.2. The van der Waals surface area contributed by atoms with Crippen molar-refractivity contribution in [2.75, 3.05) is 6.54 Å². The molecule has 0 radical (unpaired) electrons. The smallest absolute Gasteiger partial charge is 0.242 e. The number of H-pyrrole nitrogens is 1. The van der Waals surface area contributed by atoms with Gasteiger partial charge in [-0.2, -0.15) is 0 Å². The molecule has 0 amide bonds. The highest BCUT2D eigenvalue weighted by molar-refractivity contribution is 7.89. The molecule has 112 valence electrons. The van der Waals surface area contributed by atoms with E-state index in [0.29, 0.717) is 25.1 Å². The molecule has 2 aromatic heterocycles. The number of aromatic amines is 1. The van der Waals surface area contributed by atoms with Crippen LogP contribution in [0.25, 0.3) is 0 Å². The monoisotopic (exact) mass is 325 g/mol. The summed E-state index contributed by atoms with van der Waals surface area (Å²) in [5.74, 6) is 0.830. The molecule has 0 aliphatic carbocycles. The number of nitrogens with zero attached hydrogens (tertiary/aromatic N) is 2. The molecule has 9 heteroatoms. The highest BCUT2D eigenvalue weighted by atomic mass is 32.2. The first-order valence-corrected chi connectivity index (χ1v) is 8.12. The standard InChI is InChI=1S/C12H15N5O2S2/c13-12(20)10-4-3-9(8-16-10)21(18,19)17-5-1-2-11-14-6-7-15-11/h3-4,6-8,17H,1-2,5H2,(H2,13,20)(H,14,15). The fourth-order valence-corrected chi connectivity index (χ4v) is 2.80. The van der Waals surface area contributed by atoms with Gasteiger partial charge in [-0.3, -0.25) is 4.98 Å². The highest BCUT2D eigenvalue weighted by Crippen LogP contribution is 2.08. The van der Waals surface area contributed by atoms with Crippen molar-refractivity contribution in [1.29, 1.82) is 0 Å². The number of sulfonamides is 1. The summed E-state index contributed by atoms with van der Waals surface area (Å²) in [5.41, 5.74) is 5.80. The van der Waals surface area contributed by atoms with E-state index in [0.717, 1.165) is 5.82 Å². The Labute approximate surface area is 128 Å². The van der Waals surface area contributed by atoms with Gasteiger partial charge < -0.3 is 10.7 Å². The van der Waals surface area contributed by atoms with Crippen LogP contribution in [0.5, 0.6) is 0 Å². The van der Waals surface area contributed by atoms with Gasteiger partial charge in [-0.15, -0.1) is 0 Å². The molecule has 2 aromatic rings. The van der Waals surface area contributed by atoms with Crippen molar-refractivity contribution >= 4 is 27.2 Å². The summed E-state index contributed by atoms with van der Waals surface area (Å²) in [7, 11) is -3.57. The van der Waals surface area contributed by atoms with E-state index < -0.39 is 10.0 Å². The van der Waals surface area contributed by atoms with Crippen molar-refractivity contribution in [1.82, 2.24) is 19.7 Å². The fraction of sp³-hybridized carbons (Fsp3) is 0.250. The molecule has 0 atom stereocenters. The summed E-state index contributed by atoms with van der Waals surface area (Å²) in [6.45, 7) is 0.320. The minimum atomic E-state index is -3.57. The summed E-state index contributed by atoms with van der Waals surface area (Å²) in [6.07, 6.45) is 5.95. The Morgan fingerprint density at radius 1 is 1.38 bits per heavy atom. The third-order valence-electron chi connectivity index (χ3n) is 2.74. The second-order valence-corrected chi connectivity index (χ2v) is 6.49. The van der Waals surface area contributed by atoms with Crippen LogP contribution in [0.2, 0.25) is 0 Å². The summed E-state index contributed by atoms with van der Waals surface area (Å²) < 4.78 is 26.6. The zero-order valence-corrected chi connectivity index (χ0v) is 12.7. The van der Waals surface area contributed by atoms with Gasteiger partial charge in [0.15, 0.2) is 0 Å². The lowest BCUT2D eigenvalue weighted by molar-refractivity contribution is 0.578. The van der Waals surface area contributed by atoms with Crippen molar-refractivity contribution in [3.63, 3.8) is 0 Å². The lowest BCUT2D eigenvalue weighted by Gasteiger charge is -2.06. The molecular weight excluding hydrogens is 310 g/mol. The zero-order valence-electron chi connectivity index (χ0n) is 11.1. The molecule has 0 aliphatic rings. The molecule has 0 bridgehead atoms. The molecule has 0 unspecified atom stereocenters. The average Bonchev–Trinajstić information content (AvgIpc) is 2.97. The molecule has 7 nitrogen and oxygen atoms in total. The molecule has 0 aromatic carbocycles. The molecule has 21 heavy (non-hydrogen) atoms. The lowest BCUT2D eigenvalue weighted by Crippen LogP contribution is -2.25. The number of nitrogens with two attached hydrogens (primary N) is 1. The van der Waals surface area contributed by atoms with Crippen LogP contribution in [0.4, 0.5) is 0 Å². The molecule has 0 aliphatic heterocycles. The minimum Gasteiger partial charge on any atom is -0.388 e. The maximum atomic E-state index is 12.0. The normalized spacial score (nSPS) is 11.4. The van der Waals surface area contributed by atoms with Crippen LogP contribution in [0.15, 0.2) is 35.6 Å². The maximum absolute atomic E-state index is 12.0. The first-order chi connectivity index (χ1) is 9.99. The van der Waals surface area contributed by atoms with E-state index in [1.807, 2.05) is 0 Å². The van der Waals surface area contributed by atoms with Gasteiger partial charge >= 0.3 is 0 Å². The van der Waals surface area contributed by atoms with Gasteiger partial charge in [0.05, 0.1) is 5.69 Å². The minimum absolute atomic E-state index is 0.0838. The number of pyridine rings is 1. The molecule has 0 spiro atoms. The SMILES string of the molecule is NC(=S)c1ccc(S(=O)(=O)NCCCc2ncc[nH]2)cn1. The Morgan fingerprint density at radius 3 is 2.76 bits per heavy atom. The Kier molecular flexibility index (Phi) is 4.99. The van der Waals surface area contributed by atoms with E-state index >= 15 is 0 Å². The number of aryl methyl sites for hydroxylation is 1. The number of hydrogen-bond donors (Lipinski definition) is 3. The number of hydrogen-bond acceptors (Lipinski definition) is 5. The van der Waals surface area contributed by atoms with Gasteiger partial charge in [0, 0.05) is 31.6 Å².